The van der Waals surface area contributed by atoms with Crippen LogP contribution in [0.25, 0.3) is 0 Å². The van der Waals surface area contributed by atoms with E-state index in [2.05, 4.69) is 5.32 Å². The molecule has 1 unspecified atom stereocenters. The quantitative estimate of drug-likeness (QED) is 0.811. The molecule has 0 aliphatic rings. The van der Waals surface area contributed by atoms with E-state index in [1.165, 1.54) is 0 Å². The first kappa shape index (κ1) is 17.4. The second kappa shape index (κ2) is 8.09. The van der Waals surface area contributed by atoms with Crippen LogP contribution in [0.1, 0.15) is 13.8 Å². The van der Waals surface area contributed by atoms with Gasteiger partial charge < -0.3 is 14.8 Å². The van der Waals surface area contributed by atoms with Crippen molar-refractivity contribution in [1.29, 1.82) is 0 Å². The van der Waals surface area contributed by atoms with Gasteiger partial charge in [0.2, 0.25) is 0 Å². The molecule has 23 heavy (non-hydrogen) atoms. The maximum Gasteiger partial charge on any atom is 0.265 e. The summed E-state index contributed by atoms with van der Waals surface area (Å²) < 4.78 is 11.1. The van der Waals surface area contributed by atoms with Crippen molar-refractivity contribution in [2.24, 2.45) is 0 Å². The van der Waals surface area contributed by atoms with Crippen molar-refractivity contribution in [2.75, 3.05) is 11.9 Å². The molecule has 0 saturated carbocycles. The number of nitrogens with one attached hydrogen (secondary N) is 1. The molecule has 1 N–H and O–H groups in total. The zero-order chi connectivity index (χ0) is 16.8. The summed E-state index contributed by atoms with van der Waals surface area (Å²) in [4.78, 5) is 12.3. The molecule has 2 aromatic carbocycles. The summed E-state index contributed by atoms with van der Waals surface area (Å²) in [7, 11) is 0. The van der Waals surface area contributed by atoms with Crippen LogP contribution in [0.5, 0.6) is 11.5 Å². The second-order valence-corrected chi connectivity index (χ2v) is 5.60. The Labute approximate surface area is 145 Å². The third-order valence-electron chi connectivity index (χ3n) is 3.01. The minimum Gasteiger partial charge on any atom is -0.492 e. The van der Waals surface area contributed by atoms with Gasteiger partial charge in [-0.25, -0.2) is 0 Å². The first-order valence-corrected chi connectivity index (χ1v) is 7.91. The van der Waals surface area contributed by atoms with Gasteiger partial charge in [-0.05, 0) is 44.2 Å². The summed E-state index contributed by atoms with van der Waals surface area (Å²) in [5.41, 5.74) is 0.594. The van der Waals surface area contributed by atoms with E-state index < -0.39 is 6.10 Å². The monoisotopic (exact) mass is 353 g/mol. The van der Waals surface area contributed by atoms with E-state index in [9.17, 15) is 4.79 Å². The van der Waals surface area contributed by atoms with Crippen LogP contribution in [0.15, 0.2) is 42.5 Å². The fourth-order valence-electron chi connectivity index (χ4n) is 1.90. The molecule has 122 valence electrons. The van der Waals surface area contributed by atoms with Crippen molar-refractivity contribution in [2.45, 2.75) is 20.0 Å². The second-order valence-electron chi connectivity index (χ2n) is 4.75. The molecule has 0 spiro atoms. The average molecular weight is 354 g/mol. The normalized spacial score (nSPS) is 11.7. The third-order valence-corrected chi connectivity index (χ3v) is 3.54. The van der Waals surface area contributed by atoms with Gasteiger partial charge in [0, 0.05) is 5.02 Å². The molecule has 0 aliphatic heterocycles. The molecule has 6 heteroatoms. The van der Waals surface area contributed by atoms with Crippen LogP contribution in [0.2, 0.25) is 10.0 Å². The van der Waals surface area contributed by atoms with Gasteiger partial charge in [-0.15, -0.1) is 0 Å². The molecule has 0 heterocycles. The summed E-state index contributed by atoms with van der Waals surface area (Å²) >= 11 is 11.9. The highest BCUT2D eigenvalue weighted by atomic mass is 35.5. The zero-order valence-corrected chi connectivity index (χ0v) is 14.3. The number of anilines is 1. The van der Waals surface area contributed by atoms with E-state index in [1.807, 2.05) is 19.1 Å². The van der Waals surface area contributed by atoms with Gasteiger partial charge >= 0.3 is 0 Å². The van der Waals surface area contributed by atoms with E-state index in [1.54, 1.807) is 37.3 Å². The summed E-state index contributed by atoms with van der Waals surface area (Å²) in [6.45, 7) is 4.04. The molecular weight excluding hydrogens is 337 g/mol. The highest BCUT2D eigenvalue weighted by molar-refractivity contribution is 6.35. The van der Waals surface area contributed by atoms with Gasteiger partial charge in [0.15, 0.2) is 6.10 Å². The first-order chi connectivity index (χ1) is 11.0. The highest BCUT2D eigenvalue weighted by Crippen LogP contribution is 2.29. The number of para-hydroxylation sites is 2. The summed E-state index contributed by atoms with van der Waals surface area (Å²) in [6.07, 6.45) is -0.733. The van der Waals surface area contributed by atoms with Crippen LogP contribution in [-0.2, 0) is 4.79 Å². The van der Waals surface area contributed by atoms with Crippen LogP contribution in [0.4, 0.5) is 5.69 Å². The minimum atomic E-state index is -0.733. The predicted octanol–water partition coefficient (Wildman–Crippen LogP) is 4.80. The molecule has 1 amide bonds. The molecule has 0 bridgehead atoms. The maximum absolute atomic E-state index is 12.3. The average Bonchev–Trinajstić information content (AvgIpc) is 2.52. The van der Waals surface area contributed by atoms with Crippen molar-refractivity contribution in [1.82, 2.24) is 0 Å². The van der Waals surface area contributed by atoms with Gasteiger partial charge in [0.05, 0.1) is 17.3 Å². The minimum absolute atomic E-state index is 0.303. The maximum atomic E-state index is 12.3. The molecule has 2 rings (SSSR count). The van der Waals surface area contributed by atoms with Crippen LogP contribution >= 0.6 is 23.2 Å². The van der Waals surface area contributed by atoms with E-state index >= 15 is 0 Å². The van der Waals surface area contributed by atoms with Gasteiger partial charge in [0.1, 0.15) is 11.5 Å². The SMILES string of the molecule is CCOc1ccccc1NC(=O)C(C)Oc1ccc(Cl)cc1Cl. The number of hydrogen-bond acceptors (Lipinski definition) is 3. The predicted molar refractivity (Wildman–Crippen MR) is 92.8 cm³/mol. The molecule has 1 atom stereocenters. The Bertz CT molecular complexity index is 691. The lowest BCUT2D eigenvalue weighted by Gasteiger charge is -2.17. The number of benzene rings is 2. The topological polar surface area (TPSA) is 47.6 Å². The fourth-order valence-corrected chi connectivity index (χ4v) is 2.35. The van der Waals surface area contributed by atoms with E-state index in [4.69, 9.17) is 32.7 Å². The molecule has 0 saturated heterocycles. The van der Waals surface area contributed by atoms with Crippen LogP contribution in [-0.4, -0.2) is 18.6 Å². The van der Waals surface area contributed by atoms with Crippen LogP contribution < -0.4 is 14.8 Å². The van der Waals surface area contributed by atoms with Crippen molar-refractivity contribution < 1.29 is 14.3 Å². The fraction of sp³-hybridized carbons (Fsp3) is 0.235. The molecule has 0 aliphatic carbocycles. The van der Waals surface area contributed by atoms with E-state index in [-0.39, 0.29) is 5.91 Å². The van der Waals surface area contributed by atoms with Gasteiger partial charge in [-0.3, -0.25) is 4.79 Å². The standard InChI is InChI=1S/C17H17Cl2NO3/c1-3-22-16-7-5-4-6-14(16)20-17(21)11(2)23-15-9-8-12(18)10-13(15)19/h4-11H,3H2,1-2H3,(H,20,21). The number of hydrogen-bond donors (Lipinski definition) is 1. The highest BCUT2D eigenvalue weighted by Gasteiger charge is 2.18. The Balaban J connectivity index is 2.05. The molecular formula is C17H17Cl2NO3. The van der Waals surface area contributed by atoms with Crippen molar-refractivity contribution in [3.05, 3.63) is 52.5 Å². The number of rotatable bonds is 6. The number of halogens is 2. The summed E-state index contributed by atoms with van der Waals surface area (Å²) in [5.74, 6) is 0.708. The van der Waals surface area contributed by atoms with Crippen LogP contribution in [0, 0.1) is 0 Å². The Kier molecular flexibility index (Phi) is 6.13. The van der Waals surface area contributed by atoms with Gasteiger partial charge in [-0.1, -0.05) is 35.3 Å². The Morgan fingerprint density at radius 3 is 2.61 bits per heavy atom. The van der Waals surface area contributed by atoms with Crippen molar-refractivity contribution >= 4 is 34.8 Å². The number of amides is 1. The number of carbonyl (C=O) groups is 1. The number of carbonyl (C=O) groups excluding carboxylic acids is 1. The molecule has 4 nitrogen and oxygen atoms in total. The van der Waals surface area contributed by atoms with Gasteiger partial charge in [-0.2, -0.15) is 0 Å². The molecule has 0 radical (unpaired) electrons. The summed E-state index contributed by atoms with van der Waals surface area (Å²) in [5, 5.41) is 3.65. The lowest BCUT2D eigenvalue weighted by atomic mass is 10.2. The molecule has 2 aromatic rings. The smallest absolute Gasteiger partial charge is 0.265 e. The Hall–Kier alpha value is -1.91. The van der Waals surface area contributed by atoms with E-state index in [0.717, 1.165) is 0 Å². The van der Waals surface area contributed by atoms with Crippen molar-refractivity contribution in [3.63, 3.8) is 0 Å². The zero-order valence-electron chi connectivity index (χ0n) is 12.8. The molecule has 0 aromatic heterocycles. The largest absolute Gasteiger partial charge is 0.492 e. The van der Waals surface area contributed by atoms with Crippen molar-refractivity contribution in [3.8, 4) is 11.5 Å². The van der Waals surface area contributed by atoms with E-state index in [0.29, 0.717) is 33.8 Å². The van der Waals surface area contributed by atoms with Gasteiger partial charge in [0.25, 0.3) is 5.91 Å². The lowest BCUT2D eigenvalue weighted by Crippen LogP contribution is -2.30. The summed E-state index contributed by atoms with van der Waals surface area (Å²) in [6, 6.07) is 12.1. The number of ether oxygens (including phenoxy) is 2. The molecule has 0 fully saturated rings. The lowest BCUT2D eigenvalue weighted by molar-refractivity contribution is -0.122. The first-order valence-electron chi connectivity index (χ1n) is 7.15. The Morgan fingerprint density at radius 1 is 1.17 bits per heavy atom. The Morgan fingerprint density at radius 2 is 1.91 bits per heavy atom. The third kappa shape index (κ3) is 4.78. The van der Waals surface area contributed by atoms with Crippen LogP contribution in [0.3, 0.4) is 0 Å².